The molecular weight excluding hydrogens is 337 g/mol. The minimum atomic E-state index is -4.46. The molecule has 0 spiro atoms. The van der Waals surface area contributed by atoms with E-state index in [1.807, 2.05) is 0 Å². The lowest BCUT2D eigenvalue weighted by molar-refractivity contribution is -0.122. The van der Waals surface area contributed by atoms with Gasteiger partial charge >= 0.3 is 12.2 Å². The minimum Gasteiger partial charge on any atom is -0.329 e. The summed E-state index contributed by atoms with van der Waals surface area (Å²) in [5.74, 6) is 0.394. The lowest BCUT2D eigenvalue weighted by Crippen LogP contribution is -2.36. The van der Waals surface area contributed by atoms with Crippen LogP contribution in [0, 0.1) is 0 Å². The van der Waals surface area contributed by atoms with E-state index >= 15 is 0 Å². The SMILES string of the molecule is O=C1Cc2c(-c3ccc(NC(=O)NCC(F)(F)F)cc3)ccnc2N1. The molecule has 3 amide bonds. The highest BCUT2D eigenvalue weighted by molar-refractivity contribution is 6.00. The van der Waals surface area contributed by atoms with Crippen LogP contribution in [0.4, 0.5) is 29.5 Å². The molecule has 130 valence electrons. The van der Waals surface area contributed by atoms with Gasteiger partial charge in [0.2, 0.25) is 5.91 Å². The van der Waals surface area contributed by atoms with Crippen LogP contribution in [0.15, 0.2) is 36.5 Å². The number of alkyl halides is 3. The van der Waals surface area contributed by atoms with E-state index < -0.39 is 18.8 Å². The van der Waals surface area contributed by atoms with Crippen LogP contribution in [0.5, 0.6) is 0 Å². The van der Waals surface area contributed by atoms with Crippen molar-refractivity contribution in [2.45, 2.75) is 12.6 Å². The Bertz CT molecular complexity index is 819. The molecule has 0 atom stereocenters. The number of carbonyl (C=O) groups is 2. The molecule has 3 N–H and O–H groups in total. The zero-order valence-corrected chi connectivity index (χ0v) is 12.8. The van der Waals surface area contributed by atoms with Crippen molar-refractivity contribution < 1.29 is 22.8 Å². The fourth-order valence-electron chi connectivity index (χ4n) is 2.48. The van der Waals surface area contributed by atoms with E-state index in [0.717, 1.165) is 16.7 Å². The van der Waals surface area contributed by atoms with Gasteiger partial charge in [-0.05, 0) is 29.3 Å². The number of amides is 3. The topological polar surface area (TPSA) is 83.1 Å². The Morgan fingerprint density at radius 3 is 2.60 bits per heavy atom. The average Bonchev–Trinajstić information content (AvgIpc) is 2.93. The predicted molar refractivity (Wildman–Crippen MR) is 85.1 cm³/mol. The smallest absolute Gasteiger partial charge is 0.329 e. The molecule has 1 aromatic heterocycles. The molecular formula is C16H13F3N4O2. The van der Waals surface area contributed by atoms with Crippen LogP contribution in [-0.2, 0) is 11.2 Å². The summed E-state index contributed by atoms with van der Waals surface area (Å²) in [7, 11) is 0. The molecule has 2 aromatic rings. The average molecular weight is 350 g/mol. The van der Waals surface area contributed by atoms with Gasteiger partial charge in [0.25, 0.3) is 0 Å². The summed E-state index contributed by atoms with van der Waals surface area (Å²) in [6, 6.07) is 7.39. The molecule has 0 radical (unpaired) electrons. The van der Waals surface area contributed by atoms with Crippen molar-refractivity contribution in [2.75, 3.05) is 17.2 Å². The maximum absolute atomic E-state index is 12.1. The molecule has 0 aliphatic carbocycles. The van der Waals surface area contributed by atoms with Gasteiger partial charge in [-0.2, -0.15) is 13.2 Å². The number of fused-ring (bicyclic) bond motifs is 1. The number of benzene rings is 1. The third-order valence-corrected chi connectivity index (χ3v) is 3.55. The molecule has 25 heavy (non-hydrogen) atoms. The number of halogens is 3. The summed E-state index contributed by atoms with van der Waals surface area (Å²) >= 11 is 0. The number of rotatable bonds is 3. The molecule has 0 fully saturated rings. The molecule has 1 aliphatic heterocycles. The Morgan fingerprint density at radius 2 is 1.92 bits per heavy atom. The third kappa shape index (κ3) is 4.06. The Labute approximate surface area is 140 Å². The summed E-state index contributed by atoms with van der Waals surface area (Å²) in [6.07, 6.45) is -2.65. The van der Waals surface area contributed by atoms with Crippen molar-refractivity contribution in [2.24, 2.45) is 0 Å². The van der Waals surface area contributed by atoms with Crippen molar-refractivity contribution in [3.8, 4) is 11.1 Å². The zero-order valence-electron chi connectivity index (χ0n) is 12.8. The molecule has 0 bridgehead atoms. The quantitative estimate of drug-likeness (QED) is 0.796. The Morgan fingerprint density at radius 1 is 1.20 bits per heavy atom. The van der Waals surface area contributed by atoms with Crippen molar-refractivity contribution >= 4 is 23.4 Å². The second kappa shape index (κ2) is 6.42. The minimum absolute atomic E-state index is 0.130. The fraction of sp³-hybridized carbons (Fsp3) is 0.188. The highest BCUT2D eigenvalue weighted by Crippen LogP contribution is 2.32. The Balaban J connectivity index is 1.71. The lowest BCUT2D eigenvalue weighted by atomic mass is 10.00. The second-order valence-electron chi connectivity index (χ2n) is 5.41. The molecule has 1 aromatic carbocycles. The van der Waals surface area contributed by atoms with Gasteiger partial charge in [-0.1, -0.05) is 12.1 Å². The van der Waals surface area contributed by atoms with Crippen LogP contribution in [-0.4, -0.2) is 29.6 Å². The van der Waals surface area contributed by atoms with E-state index in [1.54, 1.807) is 41.8 Å². The highest BCUT2D eigenvalue weighted by Gasteiger charge is 2.27. The van der Waals surface area contributed by atoms with Crippen molar-refractivity contribution in [1.82, 2.24) is 10.3 Å². The number of pyridine rings is 1. The molecule has 6 nitrogen and oxygen atoms in total. The molecule has 2 heterocycles. The van der Waals surface area contributed by atoms with E-state index in [0.29, 0.717) is 11.5 Å². The summed E-state index contributed by atoms with van der Waals surface area (Å²) in [5, 5.41) is 6.71. The summed E-state index contributed by atoms with van der Waals surface area (Å²) in [4.78, 5) is 27.0. The molecule has 1 aliphatic rings. The molecule has 9 heteroatoms. The van der Waals surface area contributed by atoms with Crippen molar-refractivity contribution in [3.05, 3.63) is 42.1 Å². The van der Waals surface area contributed by atoms with Crippen LogP contribution < -0.4 is 16.0 Å². The first-order chi connectivity index (χ1) is 11.8. The lowest BCUT2D eigenvalue weighted by Gasteiger charge is -2.11. The van der Waals surface area contributed by atoms with Crippen LogP contribution in [0.2, 0.25) is 0 Å². The van der Waals surface area contributed by atoms with Gasteiger partial charge in [0, 0.05) is 17.4 Å². The zero-order chi connectivity index (χ0) is 18.0. The first-order valence-electron chi connectivity index (χ1n) is 7.31. The summed E-state index contributed by atoms with van der Waals surface area (Å²) in [5.41, 5.74) is 2.77. The number of anilines is 2. The van der Waals surface area contributed by atoms with Gasteiger partial charge in [0.05, 0.1) is 6.42 Å². The van der Waals surface area contributed by atoms with Gasteiger partial charge < -0.3 is 16.0 Å². The Hall–Kier alpha value is -3.10. The molecule has 0 unspecified atom stereocenters. The van der Waals surface area contributed by atoms with Crippen LogP contribution in [0.25, 0.3) is 11.1 Å². The van der Waals surface area contributed by atoms with E-state index in [1.165, 1.54) is 0 Å². The standard InChI is InChI=1S/C16H13F3N4O2/c17-16(18,19)8-21-15(25)22-10-3-1-9(2-4-10)11-5-6-20-14-12(11)7-13(24)23-14/h1-6H,7-8H2,(H,20,23,24)(H2,21,22,25). The maximum Gasteiger partial charge on any atom is 0.405 e. The van der Waals surface area contributed by atoms with E-state index in [-0.39, 0.29) is 12.3 Å². The van der Waals surface area contributed by atoms with Crippen molar-refractivity contribution in [1.29, 1.82) is 0 Å². The molecule has 3 rings (SSSR count). The number of hydrogen-bond acceptors (Lipinski definition) is 3. The predicted octanol–water partition coefficient (Wildman–Crippen LogP) is 2.93. The number of hydrogen-bond donors (Lipinski definition) is 3. The first-order valence-corrected chi connectivity index (χ1v) is 7.31. The molecule has 0 saturated heterocycles. The maximum atomic E-state index is 12.1. The van der Waals surface area contributed by atoms with Crippen LogP contribution in [0.3, 0.4) is 0 Å². The normalized spacial score (nSPS) is 13.2. The number of nitrogens with one attached hydrogen (secondary N) is 3. The van der Waals surface area contributed by atoms with E-state index in [4.69, 9.17) is 0 Å². The Kier molecular flexibility index (Phi) is 4.30. The summed E-state index contributed by atoms with van der Waals surface area (Å²) < 4.78 is 36.2. The van der Waals surface area contributed by atoms with Crippen LogP contribution in [0.1, 0.15) is 5.56 Å². The van der Waals surface area contributed by atoms with Crippen LogP contribution >= 0.6 is 0 Å². The van der Waals surface area contributed by atoms with E-state index in [2.05, 4.69) is 15.6 Å². The van der Waals surface area contributed by atoms with Gasteiger partial charge in [-0.25, -0.2) is 9.78 Å². The third-order valence-electron chi connectivity index (χ3n) is 3.55. The number of aromatic nitrogens is 1. The first kappa shape index (κ1) is 16.7. The van der Waals surface area contributed by atoms with E-state index in [9.17, 15) is 22.8 Å². The van der Waals surface area contributed by atoms with Gasteiger partial charge in [-0.3, -0.25) is 4.79 Å². The van der Waals surface area contributed by atoms with Gasteiger partial charge in [-0.15, -0.1) is 0 Å². The fourth-order valence-corrected chi connectivity index (χ4v) is 2.48. The number of carbonyl (C=O) groups excluding carboxylic acids is 2. The molecule has 0 saturated carbocycles. The van der Waals surface area contributed by atoms with Gasteiger partial charge in [0.15, 0.2) is 0 Å². The van der Waals surface area contributed by atoms with Crippen molar-refractivity contribution in [3.63, 3.8) is 0 Å². The second-order valence-corrected chi connectivity index (χ2v) is 5.41. The monoisotopic (exact) mass is 350 g/mol. The highest BCUT2D eigenvalue weighted by atomic mass is 19.4. The van der Waals surface area contributed by atoms with Gasteiger partial charge in [0.1, 0.15) is 12.4 Å². The number of urea groups is 1. The number of nitrogens with zero attached hydrogens (tertiary/aromatic N) is 1. The largest absolute Gasteiger partial charge is 0.405 e. The summed E-state index contributed by atoms with van der Waals surface area (Å²) in [6.45, 7) is -1.40.